The molecule has 0 radical (unpaired) electrons. The van der Waals surface area contributed by atoms with E-state index in [1.807, 2.05) is 39.0 Å². The predicted octanol–water partition coefficient (Wildman–Crippen LogP) is 3.11. The molecule has 0 atom stereocenters. The number of hydrogen-bond donors (Lipinski definition) is 1. The average Bonchev–Trinajstić information content (AvgIpc) is 3.05. The molecule has 0 aliphatic rings. The zero-order valence-corrected chi connectivity index (χ0v) is 15.7. The summed E-state index contributed by atoms with van der Waals surface area (Å²) in [5.41, 5.74) is 3.15. The summed E-state index contributed by atoms with van der Waals surface area (Å²) in [7, 11) is 0. The molecule has 0 fully saturated rings. The number of nitrogens with one attached hydrogen (secondary N) is 1. The zero-order chi connectivity index (χ0) is 19.4. The lowest BCUT2D eigenvalue weighted by atomic mass is 10.1. The summed E-state index contributed by atoms with van der Waals surface area (Å²) >= 11 is 0. The molecule has 27 heavy (non-hydrogen) atoms. The minimum atomic E-state index is -0.281. The quantitative estimate of drug-likeness (QED) is 0.724. The maximum Gasteiger partial charge on any atom is 0.259 e. The smallest absolute Gasteiger partial charge is 0.259 e. The molecule has 0 spiro atoms. The molecule has 3 aromatic rings. The summed E-state index contributed by atoms with van der Waals surface area (Å²) in [5, 5.41) is 6.74. The first-order valence-electron chi connectivity index (χ1n) is 8.86. The van der Waals surface area contributed by atoms with Gasteiger partial charge >= 0.3 is 0 Å². The van der Waals surface area contributed by atoms with Crippen molar-refractivity contribution in [2.45, 2.75) is 40.2 Å². The largest absolute Gasteiger partial charge is 0.334 e. The van der Waals surface area contributed by atoms with Crippen molar-refractivity contribution in [1.29, 1.82) is 0 Å². The van der Waals surface area contributed by atoms with Crippen LogP contribution in [0.3, 0.4) is 0 Å². The highest BCUT2D eigenvalue weighted by molar-refractivity contribution is 5.90. The Morgan fingerprint density at radius 2 is 1.93 bits per heavy atom. The van der Waals surface area contributed by atoms with Crippen LogP contribution in [0.4, 0.5) is 5.69 Å². The van der Waals surface area contributed by atoms with Crippen LogP contribution >= 0.6 is 0 Å². The minimum absolute atomic E-state index is 0.102. The van der Waals surface area contributed by atoms with Crippen LogP contribution in [0.2, 0.25) is 0 Å². The SMILES string of the molecule is CCCc1noc(-c2ccc(=O)n(CC(=O)Nc3cc(C)cc(C)c3)c2)n1. The van der Waals surface area contributed by atoms with Crippen molar-refractivity contribution in [3.8, 4) is 11.5 Å². The third-order valence-corrected chi connectivity index (χ3v) is 3.99. The van der Waals surface area contributed by atoms with E-state index in [-0.39, 0.29) is 18.0 Å². The second-order valence-electron chi connectivity index (χ2n) is 6.57. The molecule has 1 aromatic carbocycles. The van der Waals surface area contributed by atoms with Gasteiger partial charge in [0.05, 0.1) is 5.56 Å². The van der Waals surface area contributed by atoms with E-state index < -0.39 is 0 Å². The van der Waals surface area contributed by atoms with Crippen LogP contribution in [0.5, 0.6) is 0 Å². The normalized spacial score (nSPS) is 10.8. The fourth-order valence-electron chi connectivity index (χ4n) is 2.88. The molecular formula is C20H22N4O3. The van der Waals surface area contributed by atoms with Crippen LogP contribution in [0.25, 0.3) is 11.5 Å². The van der Waals surface area contributed by atoms with Crippen LogP contribution in [-0.2, 0) is 17.8 Å². The third kappa shape index (κ3) is 4.69. The van der Waals surface area contributed by atoms with Gasteiger partial charge < -0.3 is 14.4 Å². The zero-order valence-electron chi connectivity index (χ0n) is 15.7. The molecular weight excluding hydrogens is 344 g/mol. The van der Waals surface area contributed by atoms with Crippen molar-refractivity contribution in [3.05, 3.63) is 63.8 Å². The van der Waals surface area contributed by atoms with Gasteiger partial charge in [-0.15, -0.1) is 0 Å². The maximum absolute atomic E-state index is 12.4. The lowest BCUT2D eigenvalue weighted by molar-refractivity contribution is -0.116. The molecule has 7 heteroatoms. The Morgan fingerprint density at radius 1 is 1.19 bits per heavy atom. The van der Waals surface area contributed by atoms with Gasteiger partial charge in [-0.3, -0.25) is 9.59 Å². The third-order valence-electron chi connectivity index (χ3n) is 3.99. The summed E-state index contributed by atoms with van der Waals surface area (Å²) < 4.78 is 6.58. The second-order valence-corrected chi connectivity index (χ2v) is 6.57. The van der Waals surface area contributed by atoms with E-state index in [9.17, 15) is 9.59 Å². The maximum atomic E-state index is 12.4. The van der Waals surface area contributed by atoms with Crippen LogP contribution in [0.15, 0.2) is 45.8 Å². The second kappa shape index (κ2) is 7.99. The first kappa shape index (κ1) is 18.6. The first-order chi connectivity index (χ1) is 12.9. The number of aromatic nitrogens is 3. The topological polar surface area (TPSA) is 90.0 Å². The standard InChI is InChI=1S/C20H22N4O3/c1-4-5-17-22-20(27-23-17)15-6-7-19(26)24(11-15)12-18(25)21-16-9-13(2)8-14(3)10-16/h6-11H,4-5,12H2,1-3H3,(H,21,25). The molecule has 0 aliphatic heterocycles. The fraction of sp³-hybridized carbons (Fsp3) is 0.300. The Bertz CT molecular complexity index is 1000. The van der Waals surface area contributed by atoms with Crippen molar-refractivity contribution in [1.82, 2.24) is 14.7 Å². The van der Waals surface area contributed by atoms with E-state index in [2.05, 4.69) is 15.5 Å². The van der Waals surface area contributed by atoms with Crippen molar-refractivity contribution in [2.24, 2.45) is 0 Å². The van der Waals surface area contributed by atoms with Crippen LogP contribution in [0, 0.1) is 13.8 Å². The van der Waals surface area contributed by atoms with Gasteiger partial charge in [-0.2, -0.15) is 4.98 Å². The Hall–Kier alpha value is -3.22. The molecule has 0 aliphatic carbocycles. The number of amides is 1. The van der Waals surface area contributed by atoms with Gasteiger partial charge in [0.15, 0.2) is 5.82 Å². The van der Waals surface area contributed by atoms with E-state index in [1.54, 1.807) is 12.3 Å². The number of hydrogen-bond acceptors (Lipinski definition) is 5. The number of rotatable bonds is 6. The Balaban J connectivity index is 1.77. The number of nitrogens with zero attached hydrogens (tertiary/aromatic N) is 3. The van der Waals surface area contributed by atoms with Crippen molar-refractivity contribution in [3.63, 3.8) is 0 Å². The lowest BCUT2D eigenvalue weighted by Crippen LogP contribution is -2.26. The summed E-state index contributed by atoms with van der Waals surface area (Å²) in [6.07, 6.45) is 3.20. The number of carbonyl (C=O) groups is 1. The van der Waals surface area contributed by atoms with Crippen molar-refractivity contribution >= 4 is 11.6 Å². The van der Waals surface area contributed by atoms with Gasteiger partial charge in [-0.05, 0) is 49.6 Å². The minimum Gasteiger partial charge on any atom is -0.334 e. The van der Waals surface area contributed by atoms with E-state index in [0.717, 1.165) is 24.0 Å². The molecule has 0 unspecified atom stereocenters. The number of benzene rings is 1. The molecule has 7 nitrogen and oxygen atoms in total. The summed E-state index contributed by atoms with van der Waals surface area (Å²) in [5.74, 6) is 0.677. The summed E-state index contributed by atoms with van der Waals surface area (Å²) in [4.78, 5) is 28.8. The van der Waals surface area contributed by atoms with Gasteiger partial charge in [0.2, 0.25) is 5.91 Å². The fourth-order valence-corrected chi connectivity index (χ4v) is 2.88. The van der Waals surface area contributed by atoms with E-state index in [4.69, 9.17) is 4.52 Å². The average molecular weight is 366 g/mol. The molecule has 0 saturated heterocycles. The van der Waals surface area contributed by atoms with E-state index >= 15 is 0 Å². The lowest BCUT2D eigenvalue weighted by Gasteiger charge is -2.09. The number of aryl methyl sites for hydroxylation is 3. The highest BCUT2D eigenvalue weighted by Gasteiger charge is 2.12. The van der Waals surface area contributed by atoms with Crippen molar-refractivity contribution in [2.75, 3.05) is 5.32 Å². The van der Waals surface area contributed by atoms with Gasteiger partial charge in [0, 0.05) is 24.4 Å². The molecule has 1 N–H and O–H groups in total. The molecule has 3 rings (SSSR count). The van der Waals surface area contributed by atoms with Crippen LogP contribution in [0.1, 0.15) is 30.3 Å². The Kier molecular flexibility index (Phi) is 5.49. The summed E-state index contributed by atoms with van der Waals surface area (Å²) in [6.45, 7) is 5.86. The predicted molar refractivity (Wildman–Crippen MR) is 103 cm³/mol. The van der Waals surface area contributed by atoms with Crippen LogP contribution in [-0.4, -0.2) is 20.6 Å². The van der Waals surface area contributed by atoms with Gasteiger partial charge in [-0.25, -0.2) is 0 Å². The van der Waals surface area contributed by atoms with Crippen LogP contribution < -0.4 is 10.9 Å². The molecule has 0 saturated carbocycles. The Morgan fingerprint density at radius 3 is 2.63 bits per heavy atom. The highest BCUT2D eigenvalue weighted by atomic mass is 16.5. The number of anilines is 1. The monoisotopic (exact) mass is 366 g/mol. The molecule has 2 heterocycles. The van der Waals surface area contributed by atoms with E-state index in [0.29, 0.717) is 23.0 Å². The Labute approximate surface area is 157 Å². The van der Waals surface area contributed by atoms with E-state index in [1.165, 1.54) is 10.6 Å². The highest BCUT2D eigenvalue weighted by Crippen LogP contribution is 2.16. The van der Waals surface area contributed by atoms with Gasteiger partial charge in [-0.1, -0.05) is 18.1 Å². The number of carbonyl (C=O) groups excluding carboxylic acids is 1. The van der Waals surface area contributed by atoms with Crippen molar-refractivity contribution < 1.29 is 9.32 Å². The molecule has 1 amide bonds. The molecule has 140 valence electrons. The number of pyridine rings is 1. The van der Waals surface area contributed by atoms with Gasteiger partial charge in [0.1, 0.15) is 6.54 Å². The molecule has 2 aromatic heterocycles. The first-order valence-corrected chi connectivity index (χ1v) is 8.86. The van der Waals surface area contributed by atoms with Gasteiger partial charge in [0.25, 0.3) is 11.4 Å². The molecule has 0 bridgehead atoms. The summed E-state index contributed by atoms with van der Waals surface area (Å²) in [6, 6.07) is 8.81.